The van der Waals surface area contributed by atoms with Gasteiger partial charge in [0.05, 0.1) is 29.7 Å². The van der Waals surface area contributed by atoms with Crippen LogP contribution in [-0.2, 0) is 4.74 Å². The molecule has 0 amide bonds. The number of ether oxygens (including phenoxy) is 2. The lowest BCUT2D eigenvalue weighted by atomic mass is 9.93. The lowest BCUT2D eigenvalue weighted by Crippen LogP contribution is -2.43. The van der Waals surface area contributed by atoms with Gasteiger partial charge in [0.15, 0.2) is 22.5 Å². The van der Waals surface area contributed by atoms with Gasteiger partial charge in [0, 0.05) is 42.2 Å². The molecule has 0 bridgehead atoms. The summed E-state index contributed by atoms with van der Waals surface area (Å²) >= 11 is 11.3. The molecule has 0 radical (unpaired) electrons. The SMILES string of the molecule is CC(C)OC[C@](C)(CO)CNC(=S)Nc1cc(F)c(Oc2ccnc3[nH]cc(Cl)c23)c(F)c1. The molecule has 178 valence electrons. The lowest BCUT2D eigenvalue weighted by molar-refractivity contribution is -0.00872. The van der Waals surface area contributed by atoms with Gasteiger partial charge in [-0.25, -0.2) is 13.8 Å². The Morgan fingerprint density at radius 2 is 2.03 bits per heavy atom. The molecule has 1 atom stereocenters. The van der Waals surface area contributed by atoms with Crippen LogP contribution in [0.1, 0.15) is 20.8 Å². The first-order chi connectivity index (χ1) is 15.6. The molecule has 0 aliphatic carbocycles. The van der Waals surface area contributed by atoms with E-state index < -0.39 is 22.8 Å². The summed E-state index contributed by atoms with van der Waals surface area (Å²) in [4.78, 5) is 6.94. The van der Waals surface area contributed by atoms with Gasteiger partial charge >= 0.3 is 0 Å². The van der Waals surface area contributed by atoms with E-state index in [0.717, 1.165) is 12.1 Å². The Balaban J connectivity index is 1.68. The highest BCUT2D eigenvalue weighted by Crippen LogP contribution is 2.36. The Kier molecular flexibility index (Phi) is 8.06. The van der Waals surface area contributed by atoms with E-state index in [1.54, 1.807) is 0 Å². The Labute approximate surface area is 200 Å². The molecule has 0 spiro atoms. The van der Waals surface area contributed by atoms with Gasteiger partial charge in [0.2, 0.25) is 0 Å². The van der Waals surface area contributed by atoms with Gasteiger partial charge in [-0.2, -0.15) is 0 Å². The number of aromatic nitrogens is 2. The van der Waals surface area contributed by atoms with Crippen molar-refractivity contribution < 1.29 is 23.4 Å². The fourth-order valence-corrected chi connectivity index (χ4v) is 3.33. The quantitative estimate of drug-likeness (QED) is 0.309. The molecule has 0 aliphatic heterocycles. The molecule has 0 aliphatic rings. The fraction of sp³-hybridized carbons (Fsp3) is 0.364. The highest BCUT2D eigenvalue weighted by molar-refractivity contribution is 7.80. The van der Waals surface area contributed by atoms with Crippen LogP contribution in [-0.4, -0.2) is 46.0 Å². The average Bonchev–Trinajstić information content (AvgIpc) is 3.15. The summed E-state index contributed by atoms with van der Waals surface area (Å²) in [5.41, 5.74) is -0.0558. The van der Waals surface area contributed by atoms with Crippen molar-refractivity contribution >= 4 is 45.7 Å². The summed E-state index contributed by atoms with van der Waals surface area (Å²) in [5.74, 6) is -2.28. The number of H-pyrrole nitrogens is 1. The molecule has 7 nitrogen and oxygen atoms in total. The number of pyridine rings is 1. The van der Waals surface area contributed by atoms with E-state index in [-0.39, 0.29) is 29.3 Å². The lowest BCUT2D eigenvalue weighted by Gasteiger charge is -2.29. The number of aliphatic hydroxyl groups excluding tert-OH is 1. The predicted molar refractivity (Wildman–Crippen MR) is 128 cm³/mol. The highest BCUT2D eigenvalue weighted by Gasteiger charge is 2.25. The molecule has 11 heteroatoms. The van der Waals surface area contributed by atoms with E-state index in [2.05, 4.69) is 20.6 Å². The molecule has 2 aromatic heterocycles. The third kappa shape index (κ3) is 6.29. The zero-order chi connectivity index (χ0) is 24.2. The molecule has 3 aromatic rings. The molecule has 3 rings (SSSR count). The van der Waals surface area contributed by atoms with Crippen LogP contribution in [0, 0.1) is 17.0 Å². The highest BCUT2D eigenvalue weighted by atomic mass is 35.5. The number of hydrogen-bond acceptors (Lipinski definition) is 5. The van der Waals surface area contributed by atoms with E-state index in [1.807, 2.05) is 20.8 Å². The maximum atomic E-state index is 14.7. The van der Waals surface area contributed by atoms with Crippen LogP contribution >= 0.6 is 23.8 Å². The maximum absolute atomic E-state index is 14.7. The first-order valence-electron chi connectivity index (χ1n) is 10.2. The number of nitrogens with zero attached hydrogens (tertiary/aromatic N) is 1. The minimum absolute atomic E-state index is 0.0177. The number of hydrogen-bond donors (Lipinski definition) is 4. The average molecular weight is 499 g/mol. The second-order valence-corrected chi connectivity index (χ2v) is 8.99. The number of anilines is 1. The number of rotatable bonds is 9. The first kappa shape index (κ1) is 25.1. The Bertz CT molecular complexity index is 1120. The molecule has 0 fully saturated rings. The molecule has 0 saturated carbocycles. The summed E-state index contributed by atoms with van der Waals surface area (Å²) in [6.07, 6.45) is 2.97. The smallest absolute Gasteiger partial charge is 0.198 e. The zero-order valence-corrected chi connectivity index (χ0v) is 19.9. The molecular formula is C22H25ClF2N4O3S. The molecule has 4 N–H and O–H groups in total. The van der Waals surface area contributed by atoms with Crippen molar-refractivity contribution in [3.63, 3.8) is 0 Å². The van der Waals surface area contributed by atoms with Crippen LogP contribution in [0.3, 0.4) is 0 Å². The summed E-state index contributed by atoms with van der Waals surface area (Å²) in [6.45, 7) is 6.13. The van der Waals surface area contributed by atoms with Gasteiger partial charge in [-0.3, -0.25) is 0 Å². The molecule has 0 unspecified atom stereocenters. The van der Waals surface area contributed by atoms with Crippen molar-refractivity contribution in [2.24, 2.45) is 5.41 Å². The fourth-order valence-electron chi connectivity index (χ4n) is 2.90. The first-order valence-corrected chi connectivity index (χ1v) is 11.0. The topological polar surface area (TPSA) is 91.4 Å². The number of benzene rings is 1. The van der Waals surface area contributed by atoms with Crippen molar-refractivity contribution in [3.8, 4) is 11.5 Å². The molecule has 1 aromatic carbocycles. The Morgan fingerprint density at radius 3 is 2.67 bits per heavy atom. The Hall–Kier alpha value is -2.53. The summed E-state index contributed by atoms with van der Waals surface area (Å²) in [5, 5.41) is 16.2. The molecule has 2 heterocycles. The molecule has 33 heavy (non-hydrogen) atoms. The monoisotopic (exact) mass is 498 g/mol. The predicted octanol–water partition coefficient (Wildman–Crippen LogP) is 5.00. The van der Waals surface area contributed by atoms with E-state index in [0.29, 0.717) is 29.2 Å². The number of thiocarbonyl (C=S) groups is 1. The van der Waals surface area contributed by atoms with Crippen molar-refractivity contribution in [2.75, 3.05) is 25.1 Å². The summed E-state index contributed by atoms with van der Waals surface area (Å²) in [7, 11) is 0. The van der Waals surface area contributed by atoms with Gasteiger partial charge in [0.1, 0.15) is 11.4 Å². The van der Waals surface area contributed by atoms with Crippen LogP contribution in [0.25, 0.3) is 11.0 Å². The normalized spacial score (nSPS) is 13.2. The van der Waals surface area contributed by atoms with Crippen molar-refractivity contribution in [1.82, 2.24) is 15.3 Å². The van der Waals surface area contributed by atoms with E-state index >= 15 is 0 Å². The second-order valence-electron chi connectivity index (χ2n) is 8.18. The van der Waals surface area contributed by atoms with E-state index in [9.17, 15) is 13.9 Å². The third-order valence-corrected chi connectivity index (χ3v) is 5.32. The summed E-state index contributed by atoms with van der Waals surface area (Å²) < 4.78 is 40.5. The molecule has 0 saturated heterocycles. The second kappa shape index (κ2) is 10.6. The number of nitrogens with one attached hydrogen (secondary N) is 3. The third-order valence-electron chi connectivity index (χ3n) is 4.78. The van der Waals surface area contributed by atoms with Crippen LogP contribution in [0.5, 0.6) is 11.5 Å². The van der Waals surface area contributed by atoms with Crippen LogP contribution < -0.4 is 15.4 Å². The van der Waals surface area contributed by atoms with Crippen LogP contribution in [0.15, 0.2) is 30.6 Å². The standard InChI is InChI=1S/C22H25ClF2N4O3S/c1-12(2)31-11-22(3,10-30)9-28-21(33)29-13-6-15(24)19(16(25)7-13)32-17-4-5-26-20-18(17)14(23)8-27-20/h4-8,12,30H,9-11H2,1-3H3,(H,26,27)(H2,28,29,33)/t22-/m0/s1. The van der Waals surface area contributed by atoms with Crippen molar-refractivity contribution in [2.45, 2.75) is 26.9 Å². The van der Waals surface area contributed by atoms with Gasteiger partial charge in [-0.15, -0.1) is 0 Å². The van der Waals surface area contributed by atoms with Crippen molar-refractivity contribution in [3.05, 3.63) is 47.2 Å². The number of aromatic amines is 1. The minimum atomic E-state index is -0.928. The van der Waals surface area contributed by atoms with Gasteiger partial charge in [0.25, 0.3) is 0 Å². The van der Waals surface area contributed by atoms with Crippen LogP contribution in [0.2, 0.25) is 5.02 Å². The minimum Gasteiger partial charge on any atom is -0.450 e. The van der Waals surface area contributed by atoms with E-state index in [4.69, 9.17) is 33.3 Å². The van der Waals surface area contributed by atoms with Gasteiger partial charge < -0.3 is 30.2 Å². The number of halogens is 3. The number of fused-ring (bicyclic) bond motifs is 1. The molecular weight excluding hydrogens is 474 g/mol. The largest absolute Gasteiger partial charge is 0.450 e. The van der Waals surface area contributed by atoms with Gasteiger partial charge in [-0.1, -0.05) is 18.5 Å². The number of aliphatic hydroxyl groups is 1. The Morgan fingerprint density at radius 1 is 1.33 bits per heavy atom. The van der Waals surface area contributed by atoms with Crippen LogP contribution in [0.4, 0.5) is 14.5 Å². The van der Waals surface area contributed by atoms with Crippen molar-refractivity contribution in [1.29, 1.82) is 0 Å². The summed E-state index contributed by atoms with van der Waals surface area (Å²) in [6, 6.07) is 3.60. The maximum Gasteiger partial charge on any atom is 0.198 e. The zero-order valence-electron chi connectivity index (χ0n) is 18.3. The van der Waals surface area contributed by atoms with Gasteiger partial charge in [-0.05, 0) is 32.1 Å². The van der Waals surface area contributed by atoms with E-state index in [1.165, 1.54) is 18.5 Å².